The van der Waals surface area contributed by atoms with Gasteiger partial charge in [0.05, 0.1) is 12.3 Å². The number of aromatic nitrogens is 1. The average Bonchev–Trinajstić information content (AvgIpc) is 3.11. The molecule has 0 atom stereocenters. The van der Waals surface area contributed by atoms with Crippen LogP contribution in [0.25, 0.3) is 22.6 Å². The second-order valence-electron chi connectivity index (χ2n) is 7.31. The number of aliphatic hydroxyl groups excluding tert-OH is 1. The number of oxazole rings is 1. The normalized spacial score (nSPS) is 15.8. The molecular formula is C23H27N3O2. The van der Waals surface area contributed by atoms with E-state index < -0.39 is 0 Å². The van der Waals surface area contributed by atoms with Crippen molar-refractivity contribution in [3.63, 3.8) is 0 Å². The van der Waals surface area contributed by atoms with Gasteiger partial charge in [0.25, 0.3) is 0 Å². The molecule has 4 rings (SSSR count). The molecule has 5 heteroatoms. The van der Waals surface area contributed by atoms with Crippen molar-refractivity contribution in [2.75, 3.05) is 39.3 Å². The number of aryl methyl sites for hydroxylation is 1. The summed E-state index contributed by atoms with van der Waals surface area (Å²) in [6, 6.07) is 18.7. The van der Waals surface area contributed by atoms with Crippen LogP contribution in [0.5, 0.6) is 0 Å². The maximum atomic E-state index is 9.07. The van der Waals surface area contributed by atoms with Gasteiger partial charge < -0.3 is 9.52 Å². The highest BCUT2D eigenvalue weighted by Crippen LogP contribution is 2.26. The van der Waals surface area contributed by atoms with E-state index in [1.54, 1.807) is 0 Å². The molecule has 1 N–H and O–H groups in total. The molecule has 0 bridgehead atoms. The van der Waals surface area contributed by atoms with E-state index in [0.717, 1.165) is 56.3 Å². The van der Waals surface area contributed by atoms with E-state index in [1.165, 1.54) is 11.1 Å². The molecule has 0 aliphatic carbocycles. The molecule has 2 aromatic carbocycles. The van der Waals surface area contributed by atoms with Crippen LogP contribution in [0.15, 0.2) is 59.0 Å². The van der Waals surface area contributed by atoms with Crippen LogP contribution in [-0.2, 0) is 6.54 Å². The summed E-state index contributed by atoms with van der Waals surface area (Å²) in [5, 5.41) is 9.07. The highest BCUT2D eigenvalue weighted by molar-refractivity contribution is 5.67. The number of piperazine rings is 1. The molecule has 0 radical (unpaired) electrons. The Morgan fingerprint density at radius 1 is 0.857 bits per heavy atom. The number of nitrogens with zero attached hydrogens (tertiary/aromatic N) is 3. The topological polar surface area (TPSA) is 52.7 Å². The quantitative estimate of drug-likeness (QED) is 0.713. The van der Waals surface area contributed by atoms with Crippen LogP contribution >= 0.6 is 0 Å². The fourth-order valence-electron chi connectivity index (χ4n) is 3.66. The highest BCUT2D eigenvalue weighted by atomic mass is 16.4. The van der Waals surface area contributed by atoms with Crippen LogP contribution in [0, 0.1) is 6.92 Å². The van der Waals surface area contributed by atoms with Crippen LogP contribution in [0.4, 0.5) is 0 Å². The molecule has 0 amide bonds. The van der Waals surface area contributed by atoms with E-state index >= 15 is 0 Å². The molecule has 3 aromatic rings. The lowest BCUT2D eigenvalue weighted by Crippen LogP contribution is -2.46. The van der Waals surface area contributed by atoms with Gasteiger partial charge in [0.1, 0.15) is 5.76 Å². The Bertz CT molecular complexity index is 882. The Balaban J connectivity index is 1.43. The first-order chi connectivity index (χ1) is 13.7. The summed E-state index contributed by atoms with van der Waals surface area (Å²) in [5.41, 5.74) is 4.41. The maximum Gasteiger partial charge on any atom is 0.226 e. The molecule has 0 saturated carbocycles. The SMILES string of the molecule is Cc1oc(-c2ccc(-c3ccccc3)cc2)nc1CN1CCN(CCO)CC1. The van der Waals surface area contributed by atoms with Crippen molar-refractivity contribution in [3.05, 3.63) is 66.1 Å². The number of hydrogen-bond donors (Lipinski definition) is 1. The molecule has 0 unspecified atom stereocenters. The lowest BCUT2D eigenvalue weighted by Gasteiger charge is -2.33. The predicted molar refractivity (Wildman–Crippen MR) is 111 cm³/mol. The van der Waals surface area contributed by atoms with Gasteiger partial charge in [-0.05, 0) is 30.2 Å². The van der Waals surface area contributed by atoms with E-state index in [2.05, 4.69) is 58.3 Å². The number of rotatable bonds is 6. The zero-order valence-corrected chi connectivity index (χ0v) is 16.3. The predicted octanol–water partition coefficient (Wildman–Crippen LogP) is 3.43. The third-order valence-corrected chi connectivity index (χ3v) is 5.39. The van der Waals surface area contributed by atoms with Crippen molar-refractivity contribution in [3.8, 4) is 22.6 Å². The fraction of sp³-hybridized carbons (Fsp3) is 0.348. The number of β-amino-alcohol motifs (C(OH)–C–C–N with tert-alkyl or cyclic N) is 1. The third kappa shape index (κ3) is 4.33. The number of aliphatic hydroxyl groups is 1. The minimum Gasteiger partial charge on any atom is -0.441 e. The first-order valence-electron chi connectivity index (χ1n) is 9.90. The van der Waals surface area contributed by atoms with Gasteiger partial charge in [0.15, 0.2) is 0 Å². The minimum atomic E-state index is 0.231. The van der Waals surface area contributed by atoms with Crippen molar-refractivity contribution in [1.29, 1.82) is 0 Å². The molecule has 146 valence electrons. The summed E-state index contributed by atoms with van der Waals surface area (Å²) < 4.78 is 5.97. The molecule has 0 spiro atoms. The van der Waals surface area contributed by atoms with Gasteiger partial charge in [-0.25, -0.2) is 4.98 Å². The van der Waals surface area contributed by atoms with Crippen molar-refractivity contribution in [2.24, 2.45) is 0 Å². The lowest BCUT2D eigenvalue weighted by atomic mass is 10.0. The summed E-state index contributed by atoms with van der Waals surface area (Å²) >= 11 is 0. The molecule has 1 aromatic heterocycles. The zero-order chi connectivity index (χ0) is 19.3. The van der Waals surface area contributed by atoms with E-state index in [-0.39, 0.29) is 6.61 Å². The standard InChI is InChI=1S/C23H27N3O2/c1-18-22(17-26-13-11-25(12-14-26)15-16-27)24-23(28-18)21-9-7-20(8-10-21)19-5-3-2-4-6-19/h2-10,27H,11-17H2,1H3. The fourth-order valence-corrected chi connectivity index (χ4v) is 3.66. The van der Waals surface area contributed by atoms with E-state index in [4.69, 9.17) is 14.5 Å². The van der Waals surface area contributed by atoms with Crippen LogP contribution in [-0.4, -0.2) is 59.2 Å². The van der Waals surface area contributed by atoms with Crippen LogP contribution in [0.2, 0.25) is 0 Å². The molecule has 1 aliphatic rings. The average molecular weight is 377 g/mol. The first kappa shape index (κ1) is 18.9. The van der Waals surface area contributed by atoms with E-state index in [9.17, 15) is 0 Å². The van der Waals surface area contributed by atoms with Gasteiger partial charge in [0.2, 0.25) is 5.89 Å². The van der Waals surface area contributed by atoms with E-state index in [0.29, 0.717) is 5.89 Å². The molecule has 28 heavy (non-hydrogen) atoms. The van der Waals surface area contributed by atoms with Crippen LogP contribution in [0.3, 0.4) is 0 Å². The Kier molecular flexibility index (Phi) is 5.86. The Morgan fingerprint density at radius 3 is 2.14 bits per heavy atom. The summed E-state index contributed by atoms with van der Waals surface area (Å²) in [4.78, 5) is 9.47. The largest absolute Gasteiger partial charge is 0.441 e. The number of benzene rings is 2. The smallest absolute Gasteiger partial charge is 0.226 e. The molecule has 1 saturated heterocycles. The van der Waals surface area contributed by atoms with Crippen LogP contribution in [0.1, 0.15) is 11.5 Å². The second-order valence-corrected chi connectivity index (χ2v) is 7.31. The third-order valence-electron chi connectivity index (χ3n) is 5.39. The Labute approximate surface area is 166 Å². The van der Waals surface area contributed by atoms with Gasteiger partial charge in [-0.1, -0.05) is 42.5 Å². The molecular weight excluding hydrogens is 350 g/mol. The number of hydrogen-bond acceptors (Lipinski definition) is 5. The molecule has 2 heterocycles. The van der Waals surface area contributed by atoms with Crippen molar-refractivity contribution >= 4 is 0 Å². The monoisotopic (exact) mass is 377 g/mol. The van der Waals surface area contributed by atoms with E-state index in [1.807, 2.05) is 13.0 Å². The molecule has 1 aliphatic heterocycles. The van der Waals surface area contributed by atoms with Crippen molar-refractivity contribution in [1.82, 2.24) is 14.8 Å². The maximum absolute atomic E-state index is 9.07. The summed E-state index contributed by atoms with van der Waals surface area (Å²) in [6.07, 6.45) is 0. The van der Waals surface area contributed by atoms with Crippen molar-refractivity contribution in [2.45, 2.75) is 13.5 Å². The summed E-state index contributed by atoms with van der Waals surface area (Å²) in [7, 11) is 0. The Morgan fingerprint density at radius 2 is 1.46 bits per heavy atom. The molecule has 1 fully saturated rings. The zero-order valence-electron chi connectivity index (χ0n) is 16.3. The first-order valence-corrected chi connectivity index (χ1v) is 9.90. The Hall–Kier alpha value is -2.47. The van der Waals surface area contributed by atoms with Crippen molar-refractivity contribution < 1.29 is 9.52 Å². The minimum absolute atomic E-state index is 0.231. The second kappa shape index (κ2) is 8.69. The van der Waals surface area contributed by atoms with Crippen LogP contribution < -0.4 is 0 Å². The molecule has 5 nitrogen and oxygen atoms in total. The highest BCUT2D eigenvalue weighted by Gasteiger charge is 2.19. The van der Waals surface area contributed by atoms with Gasteiger partial charge >= 0.3 is 0 Å². The summed E-state index contributed by atoms with van der Waals surface area (Å²) in [5.74, 6) is 1.57. The van der Waals surface area contributed by atoms with Gasteiger partial charge in [-0.3, -0.25) is 9.80 Å². The van der Waals surface area contributed by atoms with Gasteiger partial charge in [-0.15, -0.1) is 0 Å². The lowest BCUT2D eigenvalue weighted by molar-refractivity contribution is 0.107. The van der Waals surface area contributed by atoms with Gasteiger partial charge in [0, 0.05) is 44.8 Å². The van der Waals surface area contributed by atoms with Gasteiger partial charge in [-0.2, -0.15) is 0 Å². The summed E-state index contributed by atoms with van der Waals surface area (Å²) in [6.45, 7) is 7.77.